The Morgan fingerprint density at radius 3 is 1.85 bits per heavy atom. The van der Waals surface area contributed by atoms with Crippen LogP contribution in [0.5, 0.6) is 0 Å². The van der Waals surface area contributed by atoms with E-state index in [2.05, 4.69) is 43.4 Å². The van der Waals surface area contributed by atoms with E-state index in [1.807, 2.05) is 0 Å². The number of carbonyl (C=O) groups excluding carboxylic acids is 1. The highest BCUT2D eigenvalue weighted by Crippen LogP contribution is 2.08. The lowest BCUT2D eigenvalue weighted by Crippen LogP contribution is -2.25. The van der Waals surface area contributed by atoms with E-state index >= 15 is 0 Å². The van der Waals surface area contributed by atoms with Gasteiger partial charge in [0, 0.05) is 6.42 Å². The van der Waals surface area contributed by atoms with Crippen molar-refractivity contribution in [1.29, 1.82) is 0 Å². The third-order valence-electron chi connectivity index (χ3n) is 4.23. The van der Waals surface area contributed by atoms with Gasteiger partial charge in [-0.05, 0) is 44.9 Å². The molecule has 0 saturated heterocycles. The lowest BCUT2D eigenvalue weighted by Gasteiger charge is -2.12. The molecule has 0 aromatic rings. The van der Waals surface area contributed by atoms with Crippen molar-refractivity contribution in [2.75, 3.05) is 13.2 Å². The molecule has 0 aliphatic heterocycles. The van der Waals surface area contributed by atoms with E-state index in [1.54, 1.807) is 0 Å². The van der Waals surface area contributed by atoms with Gasteiger partial charge in [-0.1, -0.05) is 69.1 Å². The number of aliphatic hydroxyl groups excluding tert-OH is 2. The van der Waals surface area contributed by atoms with Gasteiger partial charge in [0.05, 0.1) is 13.2 Å². The molecule has 0 unspecified atom stereocenters. The van der Waals surface area contributed by atoms with Crippen LogP contribution in [0.25, 0.3) is 0 Å². The number of hydrogen-bond donors (Lipinski definition) is 2. The predicted octanol–water partition coefficient (Wildman–Crippen LogP) is 5.25. The maximum Gasteiger partial charge on any atom is 0.306 e. The second kappa shape index (κ2) is 20.9. The highest BCUT2D eigenvalue weighted by atomic mass is 16.6. The van der Waals surface area contributed by atoms with E-state index in [-0.39, 0.29) is 19.2 Å². The Balaban J connectivity index is 3.42. The van der Waals surface area contributed by atoms with E-state index in [0.717, 1.165) is 44.9 Å². The Morgan fingerprint density at radius 1 is 0.778 bits per heavy atom. The zero-order chi connectivity index (χ0) is 20.0. The second-order valence-corrected chi connectivity index (χ2v) is 6.81. The molecule has 0 radical (unpaired) electrons. The Bertz CT molecular complexity index is 409. The van der Waals surface area contributed by atoms with Gasteiger partial charge >= 0.3 is 5.97 Å². The standard InChI is InChI=1S/C23H40O4/c1-2-3-4-5-6-7-8-9-10-11-12-13-14-15-16-17-18-19-23(26)27-22(20-24)21-25/h6-7,9-10,12-13,22,24-25H,2-5,8,11,14-21H2,1H3. The zero-order valence-electron chi connectivity index (χ0n) is 17.2. The molecule has 0 atom stereocenters. The van der Waals surface area contributed by atoms with E-state index in [0.29, 0.717) is 6.42 Å². The Kier molecular flexibility index (Phi) is 19.8. The lowest BCUT2D eigenvalue weighted by molar-refractivity contribution is -0.153. The number of carbonyl (C=O) groups is 1. The number of ether oxygens (including phenoxy) is 1. The normalized spacial score (nSPS) is 12.1. The summed E-state index contributed by atoms with van der Waals surface area (Å²) in [6.45, 7) is 1.56. The van der Waals surface area contributed by atoms with Crippen molar-refractivity contribution in [3.05, 3.63) is 36.5 Å². The van der Waals surface area contributed by atoms with Crippen LogP contribution in [-0.4, -0.2) is 35.5 Å². The summed E-state index contributed by atoms with van der Waals surface area (Å²) in [5.41, 5.74) is 0. The predicted molar refractivity (Wildman–Crippen MR) is 113 cm³/mol. The van der Waals surface area contributed by atoms with Crippen LogP contribution in [0.15, 0.2) is 36.5 Å². The van der Waals surface area contributed by atoms with Crippen LogP contribution < -0.4 is 0 Å². The van der Waals surface area contributed by atoms with Gasteiger partial charge in [-0.15, -0.1) is 0 Å². The van der Waals surface area contributed by atoms with Gasteiger partial charge in [0.1, 0.15) is 6.10 Å². The monoisotopic (exact) mass is 380 g/mol. The van der Waals surface area contributed by atoms with Gasteiger partial charge in [0.15, 0.2) is 0 Å². The summed E-state index contributed by atoms with van der Waals surface area (Å²) < 4.78 is 4.92. The summed E-state index contributed by atoms with van der Waals surface area (Å²) >= 11 is 0. The number of rotatable bonds is 18. The molecule has 4 nitrogen and oxygen atoms in total. The Labute approximate surface area is 166 Å². The molecule has 0 aliphatic rings. The minimum atomic E-state index is -0.779. The zero-order valence-corrected chi connectivity index (χ0v) is 17.2. The first-order valence-corrected chi connectivity index (χ1v) is 10.6. The summed E-state index contributed by atoms with van der Waals surface area (Å²) in [6.07, 6.45) is 25.2. The molecular weight excluding hydrogens is 340 g/mol. The molecule has 27 heavy (non-hydrogen) atoms. The Hall–Kier alpha value is -1.39. The maximum absolute atomic E-state index is 11.5. The van der Waals surface area contributed by atoms with Crippen molar-refractivity contribution in [2.24, 2.45) is 0 Å². The molecule has 156 valence electrons. The van der Waals surface area contributed by atoms with Crippen LogP contribution in [0.1, 0.15) is 84.0 Å². The molecule has 0 amide bonds. The highest BCUT2D eigenvalue weighted by molar-refractivity contribution is 5.69. The SMILES string of the molecule is CCCCCC=CCC=CCC=CCCCCCCC(=O)OC(CO)CO. The molecule has 0 fully saturated rings. The van der Waals surface area contributed by atoms with E-state index in [1.165, 1.54) is 25.7 Å². The smallest absolute Gasteiger partial charge is 0.306 e. The minimum Gasteiger partial charge on any atom is -0.457 e. The average Bonchev–Trinajstić information content (AvgIpc) is 2.68. The number of unbranched alkanes of at least 4 members (excludes halogenated alkanes) is 7. The van der Waals surface area contributed by atoms with E-state index < -0.39 is 6.10 Å². The first-order valence-electron chi connectivity index (χ1n) is 10.6. The van der Waals surface area contributed by atoms with Crippen LogP contribution in [0.3, 0.4) is 0 Å². The number of esters is 1. The molecule has 4 heteroatoms. The quantitative estimate of drug-likeness (QED) is 0.193. The van der Waals surface area contributed by atoms with Crippen LogP contribution in [-0.2, 0) is 9.53 Å². The number of hydrogen-bond acceptors (Lipinski definition) is 4. The first-order chi connectivity index (χ1) is 13.2. The molecule has 0 spiro atoms. The molecule has 0 aliphatic carbocycles. The molecule has 2 N–H and O–H groups in total. The Morgan fingerprint density at radius 2 is 1.30 bits per heavy atom. The fraction of sp³-hybridized carbons (Fsp3) is 0.696. The molecular formula is C23H40O4. The van der Waals surface area contributed by atoms with Gasteiger partial charge in [0.2, 0.25) is 0 Å². The summed E-state index contributed by atoms with van der Waals surface area (Å²) in [5.74, 6) is -0.342. The van der Waals surface area contributed by atoms with Crippen molar-refractivity contribution in [1.82, 2.24) is 0 Å². The van der Waals surface area contributed by atoms with Crippen molar-refractivity contribution in [3.63, 3.8) is 0 Å². The number of allylic oxidation sites excluding steroid dienone is 6. The van der Waals surface area contributed by atoms with Crippen molar-refractivity contribution < 1.29 is 19.7 Å². The van der Waals surface area contributed by atoms with Crippen LogP contribution in [0.4, 0.5) is 0 Å². The van der Waals surface area contributed by atoms with Crippen molar-refractivity contribution in [2.45, 2.75) is 90.1 Å². The van der Waals surface area contributed by atoms with E-state index in [9.17, 15) is 4.79 Å². The third-order valence-corrected chi connectivity index (χ3v) is 4.23. The van der Waals surface area contributed by atoms with Crippen LogP contribution in [0, 0.1) is 0 Å². The molecule has 0 saturated carbocycles. The highest BCUT2D eigenvalue weighted by Gasteiger charge is 2.11. The van der Waals surface area contributed by atoms with E-state index in [4.69, 9.17) is 14.9 Å². The largest absolute Gasteiger partial charge is 0.457 e. The molecule has 0 aromatic heterocycles. The molecule has 0 rings (SSSR count). The first kappa shape index (κ1) is 25.6. The molecule has 0 heterocycles. The van der Waals surface area contributed by atoms with Gasteiger partial charge in [-0.3, -0.25) is 4.79 Å². The third kappa shape index (κ3) is 19.2. The minimum absolute atomic E-state index is 0.334. The topological polar surface area (TPSA) is 66.8 Å². The lowest BCUT2D eigenvalue weighted by atomic mass is 10.1. The molecule has 0 bridgehead atoms. The van der Waals surface area contributed by atoms with Gasteiger partial charge in [0.25, 0.3) is 0 Å². The second-order valence-electron chi connectivity index (χ2n) is 6.81. The summed E-state index contributed by atoms with van der Waals surface area (Å²) in [6, 6.07) is 0. The summed E-state index contributed by atoms with van der Waals surface area (Å²) in [5, 5.41) is 17.7. The van der Waals surface area contributed by atoms with Crippen molar-refractivity contribution >= 4 is 5.97 Å². The average molecular weight is 381 g/mol. The molecule has 0 aromatic carbocycles. The fourth-order valence-corrected chi connectivity index (χ4v) is 2.55. The van der Waals surface area contributed by atoms with Crippen molar-refractivity contribution in [3.8, 4) is 0 Å². The van der Waals surface area contributed by atoms with Gasteiger partial charge in [-0.25, -0.2) is 0 Å². The maximum atomic E-state index is 11.5. The number of aliphatic hydroxyl groups is 2. The van der Waals surface area contributed by atoms with Crippen LogP contribution in [0.2, 0.25) is 0 Å². The van der Waals surface area contributed by atoms with Gasteiger partial charge < -0.3 is 14.9 Å². The van der Waals surface area contributed by atoms with Gasteiger partial charge in [-0.2, -0.15) is 0 Å². The summed E-state index contributed by atoms with van der Waals surface area (Å²) in [7, 11) is 0. The van der Waals surface area contributed by atoms with Crippen LogP contribution >= 0.6 is 0 Å². The fourth-order valence-electron chi connectivity index (χ4n) is 2.55. The summed E-state index contributed by atoms with van der Waals surface area (Å²) in [4.78, 5) is 11.5.